The summed E-state index contributed by atoms with van der Waals surface area (Å²) in [6, 6.07) is 0. The van der Waals surface area contributed by atoms with E-state index in [9.17, 15) is 9.59 Å². The van der Waals surface area contributed by atoms with Crippen LogP contribution >= 0.6 is 0 Å². The topological polar surface area (TPSA) is 49.9 Å². The van der Waals surface area contributed by atoms with Gasteiger partial charge in [-0.15, -0.1) is 0 Å². The van der Waals surface area contributed by atoms with E-state index in [1.807, 2.05) is 7.05 Å². The Morgan fingerprint density at radius 3 is 2.15 bits per heavy atom. The second-order valence-corrected chi connectivity index (χ2v) is 3.15. The number of nitrogens with zero attached hydrogens (tertiary/aromatic N) is 2. The second-order valence-electron chi connectivity index (χ2n) is 3.15. The molecule has 0 aromatic rings. The zero-order chi connectivity index (χ0) is 9.84. The summed E-state index contributed by atoms with van der Waals surface area (Å²) >= 11 is 0. The summed E-state index contributed by atoms with van der Waals surface area (Å²) in [4.78, 5) is 25.3. The van der Waals surface area contributed by atoms with Crippen LogP contribution in [0, 0.1) is 0 Å². The molecule has 0 saturated carbocycles. The molecule has 13 heavy (non-hydrogen) atoms. The van der Waals surface area contributed by atoms with Gasteiger partial charge in [0, 0.05) is 33.1 Å². The first-order valence-electron chi connectivity index (χ1n) is 4.25. The van der Waals surface area contributed by atoms with Crippen LogP contribution in [0.1, 0.15) is 6.92 Å². The van der Waals surface area contributed by atoms with E-state index >= 15 is 0 Å². The Hall–Kier alpha value is -1.10. The van der Waals surface area contributed by atoms with Crippen molar-refractivity contribution < 1.29 is 14.3 Å². The number of hydrogen-bond donors (Lipinski definition) is 0. The summed E-state index contributed by atoms with van der Waals surface area (Å²) in [5, 5.41) is 0. The summed E-state index contributed by atoms with van der Waals surface area (Å²) in [6.07, 6.45) is -0.527. The van der Waals surface area contributed by atoms with Gasteiger partial charge in [-0.3, -0.25) is 4.79 Å². The van der Waals surface area contributed by atoms with Crippen LogP contribution in [0.25, 0.3) is 0 Å². The fourth-order valence-corrected chi connectivity index (χ4v) is 1.18. The molecule has 0 atom stereocenters. The fraction of sp³-hybridized carbons (Fsp3) is 0.750. The van der Waals surface area contributed by atoms with Gasteiger partial charge in [0.15, 0.2) is 0 Å². The lowest BCUT2D eigenvalue weighted by Gasteiger charge is -2.31. The number of amides is 1. The molecule has 5 nitrogen and oxygen atoms in total. The van der Waals surface area contributed by atoms with Gasteiger partial charge in [-0.25, -0.2) is 4.79 Å². The van der Waals surface area contributed by atoms with Gasteiger partial charge < -0.3 is 14.5 Å². The number of rotatable bonds is 0. The summed E-state index contributed by atoms with van der Waals surface area (Å²) in [7, 11) is 1.99. The molecule has 0 aromatic carbocycles. The van der Waals surface area contributed by atoms with Gasteiger partial charge in [-0.2, -0.15) is 0 Å². The molecular formula is C8H14N2O3. The van der Waals surface area contributed by atoms with Crippen molar-refractivity contribution in [2.45, 2.75) is 6.92 Å². The number of piperazine rings is 1. The number of carbonyl (C=O) groups is 2. The predicted molar refractivity (Wildman–Crippen MR) is 46.2 cm³/mol. The van der Waals surface area contributed by atoms with E-state index < -0.39 is 12.1 Å². The third kappa shape index (κ3) is 3.02. The first-order valence-corrected chi connectivity index (χ1v) is 4.25. The van der Waals surface area contributed by atoms with E-state index in [-0.39, 0.29) is 0 Å². The monoisotopic (exact) mass is 186 g/mol. The molecule has 0 spiro atoms. The highest BCUT2D eigenvalue weighted by Crippen LogP contribution is 2.01. The van der Waals surface area contributed by atoms with Gasteiger partial charge in [0.05, 0.1) is 0 Å². The van der Waals surface area contributed by atoms with Crippen LogP contribution < -0.4 is 0 Å². The molecule has 1 saturated heterocycles. The maximum atomic E-state index is 11.2. The molecule has 74 valence electrons. The van der Waals surface area contributed by atoms with Gasteiger partial charge >= 0.3 is 12.1 Å². The number of esters is 1. The molecule has 1 fully saturated rings. The molecular weight excluding hydrogens is 172 g/mol. The van der Waals surface area contributed by atoms with Gasteiger partial charge in [0.2, 0.25) is 0 Å². The highest BCUT2D eigenvalue weighted by molar-refractivity contribution is 5.83. The minimum absolute atomic E-state index is 0.527. The molecule has 1 aliphatic heterocycles. The van der Waals surface area contributed by atoms with Crippen molar-refractivity contribution in [1.29, 1.82) is 0 Å². The van der Waals surface area contributed by atoms with Gasteiger partial charge in [0.25, 0.3) is 0 Å². The molecule has 1 rings (SSSR count). The standard InChI is InChI=1S/C8H14N2O3/c1-7(11)13-8(12)10-5-3-9(2)4-6-10/h3-6H2,1-2H3. The molecule has 0 aliphatic carbocycles. The largest absolute Gasteiger partial charge is 0.417 e. The van der Waals surface area contributed by atoms with Crippen LogP contribution in [0.5, 0.6) is 0 Å². The summed E-state index contributed by atoms with van der Waals surface area (Å²) in [6.45, 7) is 4.14. The number of ether oxygens (including phenoxy) is 1. The predicted octanol–water partition coefficient (Wildman–Crippen LogP) is -0.0831. The van der Waals surface area contributed by atoms with E-state index in [1.165, 1.54) is 6.92 Å². The van der Waals surface area contributed by atoms with Crippen molar-refractivity contribution in [1.82, 2.24) is 9.80 Å². The van der Waals surface area contributed by atoms with E-state index in [1.54, 1.807) is 4.90 Å². The van der Waals surface area contributed by atoms with Crippen LogP contribution in [0.4, 0.5) is 4.79 Å². The molecule has 1 heterocycles. The number of carbonyl (C=O) groups excluding carboxylic acids is 2. The first-order chi connectivity index (χ1) is 6.09. The van der Waals surface area contributed by atoms with E-state index in [2.05, 4.69) is 9.64 Å². The van der Waals surface area contributed by atoms with Crippen LogP contribution in [0.2, 0.25) is 0 Å². The van der Waals surface area contributed by atoms with Crippen molar-refractivity contribution in [2.24, 2.45) is 0 Å². The highest BCUT2D eigenvalue weighted by Gasteiger charge is 2.20. The van der Waals surface area contributed by atoms with Crippen LogP contribution in [-0.4, -0.2) is 55.1 Å². The first kappa shape index (κ1) is 9.98. The molecule has 1 aliphatic rings. The number of likely N-dealkylation sites (N-methyl/N-ethyl adjacent to an activating group) is 1. The summed E-state index contributed by atoms with van der Waals surface area (Å²) in [5.74, 6) is -0.552. The third-order valence-electron chi connectivity index (χ3n) is 1.99. The smallest absolute Gasteiger partial charge is 0.376 e. The van der Waals surface area contributed by atoms with Gasteiger partial charge in [0.1, 0.15) is 0 Å². The second kappa shape index (κ2) is 4.23. The maximum Gasteiger partial charge on any atom is 0.417 e. The average molecular weight is 186 g/mol. The summed E-state index contributed by atoms with van der Waals surface area (Å²) < 4.78 is 4.45. The average Bonchev–Trinajstić information content (AvgIpc) is 2.04. The lowest BCUT2D eigenvalue weighted by molar-refractivity contribution is -0.135. The third-order valence-corrected chi connectivity index (χ3v) is 1.99. The Bertz CT molecular complexity index is 209. The Morgan fingerprint density at radius 1 is 1.15 bits per heavy atom. The Labute approximate surface area is 77.2 Å². The van der Waals surface area contributed by atoms with E-state index in [4.69, 9.17) is 0 Å². The van der Waals surface area contributed by atoms with E-state index in [0.29, 0.717) is 13.1 Å². The minimum atomic E-state index is -0.552. The van der Waals surface area contributed by atoms with Crippen molar-refractivity contribution in [2.75, 3.05) is 33.2 Å². The Kier molecular flexibility index (Phi) is 3.25. The zero-order valence-corrected chi connectivity index (χ0v) is 7.95. The molecule has 0 bridgehead atoms. The molecule has 0 radical (unpaired) electrons. The van der Waals surface area contributed by atoms with Crippen molar-refractivity contribution in [3.63, 3.8) is 0 Å². The van der Waals surface area contributed by atoms with Gasteiger partial charge in [-0.1, -0.05) is 0 Å². The lowest BCUT2D eigenvalue weighted by atomic mass is 10.3. The van der Waals surface area contributed by atoms with Crippen LogP contribution in [-0.2, 0) is 9.53 Å². The molecule has 5 heteroatoms. The zero-order valence-electron chi connectivity index (χ0n) is 7.95. The molecule has 1 amide bonds. The van der Waals surface area contributed by atoms with Crippen LogP contribution in [0.3, 0.4) is 0 Å². The number of hydrogen-bond acceptors (Lipinski definition) is 4. The normalized spacial score (nSPS) is 18.5. The lowest BCUT2D eigenvalue weighted by Crippen LogP contribution is -2.47. The molecule has 0 aromatic heterocycles. The molecule has 0 N–H and O–H groups in total. The maximum absolute atomic E-state index is 11.2. The Balaban J connectivity index is 2.36. The van der Waals surface area contributed by atoms with Gasteiger partial charge in [-0.05, 0) is 7.05 Å². The van der Waals surface area contributed by atoms with E-state index in [0.717, 1.165) is 13.1 Å². The molecule has 0 unspecified atom stereocenters. The quantitative estimate of drug-likeness (QED) is 0.392. The minimum Gasteiger partial charge on any atom is -0.376 e. The van der Waals surface area contributed by atoms with Crippen molar-refractivity contribution in [3.05, 3.63) is 0 Å². The highest BCUT2D eigenvalue weighted by atomic mass is 16.6. The van der Waals surface area contributed by atoms with Crippen molar-refractivity contribution >= 4 is 12.1 Å². The fourth-order valence-electron chi connectivity index (χ4n) is 1.18. The summed E-state index contributed by atoms with van der Waals surface area (Å²) in [5.41, 5.74) is 0. The van der Waals surface area contributed by atoms with Crippen molar-refractivity contribution in [3.8, 4) is 0 Å². The van der Waals surface area contributed by atoms with Crippen LogP contribution in [0.15, 0.2) is 0 Å². The SMILES string of the molecule is CC(=O)OC(=O)N1CCN(C)CC1. The Morgan fingerprint density at radius 2 is 1.69 bits per heavy atom.